The zero-order chi connectivity index (χ0) is 13.2. The Labute approximate surface area is 104 Å². The fraction of sp³-hybridized carbons (Fsp3) is 0.846. The molecule has 2 atom stereocenters. The Morgan fingerprint density at radius 3 is 2.29 bits per heavy atom. The fourth-order valence-electron chi connectivity index (χ4n) is 2.00. The number of rotatable bonds is 4. The molecule has 1 rings (SSSR count). The quantitative estimate of drug-likeness (QED) is 0.807. The molecule has 1 N–H and O–H groups in total. The molecule has 17 heavy (non-hydrogen) atoms. The molecule has 0 aromatic carbocycles. The van der Waals surface area contributed by atoms with E-state index in [0.29, 0.717) is 12.5 Å². The molecule has 1 aliphatic heterocycles. The molecule has 0 aliphatic carbocycles. The third-order valence-corrected chi connectivity index (χ3v) is 3.31. The van der Waals surface area contributed by atoms with Crippen molar-refractivity contribution in [3.63, 3.8) is 0 Å². The Balaban J connectivity index is 2.76. The van der Waals surface area contributed by atoms with E-state index in [4.69, 9.17) is 0 Å². The lowest BCUT2D eigenvalue weighted by Gasteiger charge is -2.39. The van der Waals surface area contributed by atoms with Crippen LogP contribution in [0, 0.1) is 11.8 Å². The number of nitrogens with zero attached hydrogens (tertiary/aromatic N) is 1. The SMILES string of the molecule is CC(C)CCN1C(=O)C(C(C)C)NC(=O)C1C. The molecule has 0 bridgehead atoms. The summed E-state index contributed by atoms with van der Waals surface area (Å²) in [4.78, 5) is 25.8. The van der Waals surface area contributed by atoms with E-state index in [1.54, 1.807) is 11.8 Å². The normalized spacial score (nSPS) is 25.7. The van der Waals surface area contributed by atoms with Crippen LogP contribution in [-0.2, 0) is 9.59 Å². The first kappa shape index (κ1) is 14.0. The molecule has 2 unspecified atom stereocenters. The molecule has 1 saturated heterocycles. The van der Waals surface area contributed by atoms with E-state index < -0.39 is 0 Å². The van der Waals surface area contributed by atoms with Crippen LogP contribution in [-0.4, -0.2) is 35.3 Å². The summed E-state index contributed by atoms with van der Waals surface area (Å²) in [5.74, 6) is 0.706. The second kappa shape index (κ2) is 5.52. The maximum atomic E-state index is 12.2. The lowest BCUT2D eigenvalue weighted by Crippen LogP contribution is -2.64. The summed E-state index contributed by atoms with van der Waals surface area (Å²) in [5, 5.41) is 2.80. The van der Waals surface area contributed by atoms with Crippen molar-refractivity contribution in [2.45, 2.75) is 53.1 Å². The standard InChI is InChI=1S/C13H24N2O2/c1-8(2)6-7-15-10(5)12(16)14-11(9(3)4)13(15)17/h8-11H,6-7H2,1-5H3,(H,14,16). The van der Waals surface area contributed by atoms with E-state index >= 15 is 0 Å². The van der Waals surface area contributed by atoms with Gasteiger partial charge >= 0.3 is 0 Å². The van der Waals surface area contributed by atoms with Crippen LogP contribution >= 0.6 is 0 Å². The van der Waals surface area contributed by atoms with Gasteiger partial charge < -0.3 is 10.2 Å². The van der Waals surface area contributed by atoms with Gasteiger partial charge in [-0.25, -0.2) is 0 Å². The summed E-state index contributed by atoms with van der Waals surface area (Å²) in [6.45, 7) is 10.6. The highest BCUT2D eigenvalue weighted by Crippen LogP contribution is 2.16. The molecule has 4 nitrogen and oxygen atoms in total. The molecule has 1 heterocycles. The van der Waals surface area contributed by atoms with Crippen LogP contribution < -0.4 is 5.32 Å². The summed E-state index contributed by atoms with van der Waals surface area (Å²) in [7, 11) is 0. The third kappa shape index (κ3) is 3.20. The van der Waals surface area contributed by atoms with Crippen molar-refractivity contribution in [2.75, 3.05) is 6.54 Å². The maximum absolute atomic E-state index is 12.2. The zero-order valence-electron chi connectivity index (χ0n) is 11.5. The average Bonchev–Trinajstić information content (AvgIpc) is 2.22. The minimum atomic E-state index is -0.356. The molecule has 1 aliphatic rings. The number of nitrogens with one attached hydrogen (secondary N) is 1. The van der Waals surface area contributed by atoms with Crippen LogP contribution in [0.1, 0.15) is 41.0 Å². The monoisotopic (exact) mass is 240 g/mol. The van der Waals surface area contributed by atoms with Gasteiger partial charge in [-0.2, -0.15) is 0 Å². The summed E-state index contributed by atoms with van der Waals surface area (Å²) in [5.41, 5.74) is 0. The second-order valence-electron chi connectivity index (χ2n) is 5.62. The van der Waals surface area contributed by atoms with Crippen molar-refractivity contribution < 1.29 is 9.59 Å². The van der Waals surface area contributed by atoms with Crippen LogP contribution in [0.25, 0.3) is 0 Å². The van der Waals surface area contributed by atoms with E-state index in [1.807, 2.05) is 13.8 Å². The number of hydrogen-bond donors (Lipinski definition) is 1. The number of carbonyl (C=O) groups is 2. The van der Waals surface area contributed by atoms with E-state index in [1.165, 1.54) is 0 Å². The first-order chi connectivity index (χ1) is 7.84. The van der Waals surface area contributed by atoms with Crippen LogP contribution in [0.3, 0.4) is 0 Å². The van der Waals surface area contributed by atoms with Gasteiger partial charge in [0, 0.05) is 6.54 Å². The molecule has 0 spiro atoms. The minimum Gasteiger partial charge on any atom is -0.342 e. The van der Waals surface area contributed by atoms with Crippen molar-refractivity contribution >= 4 is 11.8 Å². The molecular weight excluding hydrogens is 216 g/mol. The van der Waals surface area contributed by atoms with Gasteiger partial charge in [-0.1, -0.05) is 27.7 Å². The van der Waals surface area contributed by atoms with Gasteiger partial charge in [-0.15, -0.1) is 0 Å². The predicted molar refractivity (Wildman–Crippen MR) is 67.4 cm³/mol. The van der Waals surface area contributed by atoms with Gasteiger partial charge in [-0.05, 0) is 25.2 Å². The second-order valence-corrected chi connectivity index (χ2v) is 5.62. The topological polar surface area (TPSA) is 49.4 Å². The van der Waals surface area contributed by atoms with Gasteiger partial charge in [0.1, 0.15) is 12.1 Å². The van der Waals surface area contributed by atoms with Crippen molar-refractivity contribution in [1.29, 1.82) is 0 Å². The number of hydrogen-bond acceptors (Lipinski definition) is 2. The molecule has 0 aromatic rings. The lowest BCUT2D eigenvalue weighted by atomic mass is 9.97. The number of carbonyl (C=O) groups excluding carboxylic acids is 2. The molecule has 0 radical (unpaired) electrons. The highest BCUT2D eigenvalue weighted by Gasteiger charge is 2.38. The molecule has 98 valence electrons. The number of amides is 2. The van der Waals surface area contributed by atoms with E-state index in [2.05, 4.69) is 19.2 Å². The smallest absolute Gasteiger partial charge is 0.246 e. The van der Waals surface area contributed by atoms with Crippen LogP contribution in [0.5, 0.6) is 0 Å². The van der Waals surface area contributed by atoms with Crippen molar-refractivity contribution in [1.82, 2.24) is 10.2 Å². The van der Waals surface area contributed by atoms with E-state index in [9.17, 15) is 9.59 Å². The minimum absolute atomic E-state index is 0.0351. The Kier molecular flexibility index (Phi) is 4.54. The van der Waals surface area contributed by atoms with Gasteiger partial charge in [0.2, 0.25) is 11.8 Å². The molecular formula is C13H24N2O2. The zero-order valence-corrected chi connectivity index (χ0v) is 11.5. The van der Waals surface area contributed by atoms with Gasteiger partial charge in [0.15, 0.2) is 0 Å². The van der Waals surface area contributed by atoms with Crippen LogP contribution in [0.4, 0.5) is 0 Å². The Bertz CT molecular complexity index is 300. The Morgan fingerprint density at radius 2 is 1.82 bits per heavy atom. The predicted octanol–water partition coefficient (Wildman–Crippen LogP) is 1.40. The highest BCUT2D eigenvalue weighted by atomic mass is 16.2. The molecule has 0 saturated carbocycles. The summed E-state index contributed by atoms with van der Waals surface area (Å²) in [6.07, 6.45) is 0.939. The maximum Gasteiger partial charge on any atom is 0.246 e. The van der Waals surface area contributed by atoms with Crippen molar-refractivity contribution in [3.8, 4) is 0 Å². The van der Waals surface area contributed by atoms with Gasteiger partial charge in [0.05, 0.1) is 0 Å². The molecule has 4 heteroatoms. The summed E-state index contributed by atoms with van der Waals surface area (Å²) in [6, 6.07) is -0.692. The van der Waals surface area contributed by atoms with Gasteiger partial charge in [-0.3, -0.25) is 9.59 Å². The molecule has 0 aromatic heterocycles. The third-order valence-electron chi connectivity index (χ3n) is 3.31. The number of piperazine rings is 1. The summed E-state index contributed by atoms with van der Waals surface area (Å²) < 4.78 is 0. The van der Waals surface area contributed by atoms with Crippen molar-refractivity contribution in [2.24, 2.45) is 11.8 Å². The largest absolute Gasteiger partial charge is 0.342 e. The van der Waals surface area contributed by atoms with Crippen molar-refractivity contribution in [3.05, 3.63) is 0 Å². The average molecular weight is 240 g/mol. The Morgan fingerprint density at radius 1 is 1.24 bits per heavy atom. The lowest BCUT2D eigenvalue weighted by molar-refractivity contribution is -0.150. The first-order valence-corrected chi connectivity index (χ1v) is 6.45. The van der Waals surface area contributed by atoms with Crippen LogP contribution in [0.15, 0.2) is 0 Å². The van der Waals surface area contributed by atoms with E-state index in [0.717, 1.165) is 6.42 Å². The highest BCUT2D eigenvalue weighted by molar-refractivity contribution is 5.96. The summed E-state index contributed by atoms with van der Waals surface area (Å²) >= 11 is 0. The Hall–Kier alpha value is -1.06. The van der Waals surface area contributed by atoms with Gasteiger partial charge in [0.25, 0.3) is 0 Å². The molecule has 2 amide bonds. The first-order valence-electron chi connectivity index (χ1n) is 6.45. The molecule has 1 fully saturated rings. The van der Waals surface area contributed by atoms with Crippen LogP contribution in [0.2, 0.25) is 0 Å². The fourth-order valence-corrected chi connectivity index (χ4v) is 2.00. The van der Waals surface area contributed by atoms with E-state index in [-0.39, 0.29) is 29.8 Å².